The molecule has 1 aromatic heterocycles. The van der Waals surface area contributed by atoms with Gasteiger partial charge in [0.2, 0.25) is 10.0 Å². The summed E-state index contributed by atoms with van der Waals surface area (Å²) in [6.45, 7) is 0.636. The Morgan fingerprint density at radius 1 is 1.22 bits per heavy atom. The van der Waals surface area contributed by atoms with Crippen LogP contribution in [0.25, 0.3) is 11.5 Å². The van der Waals surface area contributed by atoms with Gasteiger partial charge >= 0.3 is 0 Å². The lowest BCUT2D eigenvalue weighted by molar-refractivity contribution is 0.0304. The molecule has 0 spiro atoms. The van der Waals surface area contributed by atoms with Crippen LogP contribution in [0.5, 0.6) is 0 Å². The maximum Gasteiger partial charge on any atom is 0.257 e. The zero-order valence-corrected chi connectivity index (χ0v) is 13.5. The monoisotopic (exact) mass is 337 g/mol. The topological polar surface area (TPSA) is 94.3 Å². The molecule has 0 bridgehead atoms. The molecule has 0 unspecified atom stereocenters. The number of sulfonamides is 1. The van der Waals surface area contributed by atoms with Crippen molar-refractivity contribution in [1.82, 2.24) is 14.9 Å². The minimum absolute atomic E-state index is 0.00534. The Labute approximate surface area is 135 Å². The minimum Gasteiger partial charge on any atom is -0.377 e. The Hall–Kier alpha value is -1.77. The summed E-state index contributed by atoms with van der Waals surface area (Å²) in [4.78, 5) is 4.19. The number of benzene rings is 1. The van der Waals surface area contributed by atoms with E-state index in [1.54, 1.807) is 0 Å². The van der Waals surface area contributed by atoms with Crippen LogP contribution in [0, 0.1) is 0 Å². The fourth-order valence-electron chi connectivity index (χ4n) is 2.44. The van der Waals surface area contributed by atoms with Crippen molar-refractivity contribution in [3.8, 4) is 11.5 Å². The van der Waals surface area contributed by atoms with Gasteiger partial charge in [-0.25, -0.2) is 13.1 Å². The third-order valence-corrected chi connectivity index (χ3v) is 5.01. The second-order valence-electron chi connectivity index (χ2n) is 5.47. The molecule has 2 heterocycles. The number of rotatable bonds is 6. The highest BCUT2D eigenvalue weighted by Gasteiger charge is 2.22. The second kappa shape index (κ2) is 7.20. The molecule has 1 aliphatic rings. The molecule has 1 saturated heterocycles. The highest BCUT2D eigenvalue weighted by molar-refractivity contribution is 7.89. The van der Waals surface area contributed by atoms with E-state index >= 15 is 0 Å². The van der Waals surface area contributed by atoms with Crippen molar-refractivity contribution in [1.29, 1.82) is 0 Å². The first-order valence-electron chi connectivity index (χ1n) is 7.59. The van der Waals surface area contributed by atoms with Crippen molar-refractivity contribution in [2.24, 2.45) is 0 Å². The van der Waals surface area contributed by atoms with Crippen molar-refractivity contribution in [3.63, 3.8) is 0 Å². The lowest BCUT2D eigenvalue weighted by atomic mass is 10.1. The summed E-state index contributed by atoms with van der Waals surface area (Å²) in [7, 11) is -3.43. The molecule has 1 aliphatic heterocycles. The van der Waals surface area contributed by atoms with Gasteiger partial charge in [0, 0.05) is 12.2 Å². The van der Waals surface area contributed by atoms with Gasteiger partial charge in [-0.2, -0.15) is 4.98 Å². The number of hydrogen-bond donors (Lipinski definition) is 1. The minimum atomic E-state index is -3.43. The van der Waals surface area contributed by atoms with Crippen molar-refractivity contribution in [2.45, 2.75) is 31.9 Å². The molecule has 1 atom stereocenters. The molecule has 3 rings (SSSR count). The summed E-state index contributed by atoms with van der Waals surface area (Å²) in [6, 6.07) is 9.32. The number of ether oxygens (including phenoxy) is 1. The molecule has 0 aliphatic carbocycles. The van der Waals surface area contributed by atoms with E-state index in [1.807, 2.05) is 30.3 Å². The van der Waals surface area contributed by atoms with E-state index in [0.717, 1.165) is 24.8 Å². The van der Waals surface area contributed by atoms with Crippen LogP contribution in [0.4, 0.5) is 0 Å². The maximum atomic E-state index is 12.1. The molecule has 1 fully saturated rings. The van der Waals surface area contributed by atoms with Gasteiger partial charge in [-0.15, -0.1) is 0 Å². The van der Waals surface area contributed by atoms with Crippen molar-refractivity contribution in [2.75, 3.05) is 12.4 Å². The molecule has 8 heteroatoms. The fourth-order valence-corrected chi connectivity index (χ4v) is 3.66. The Bertz CT molecular complexity index is 724. The first-order valence-corrected chi connectivity index (χ1v) is 9.24. The van der Waals surface area contributed by atoms with E-state index in [1.165, 1.54) is 0 Å². The molecule has 0 saturated carbocycles. The van der Waals surface area contributed by atoms with Crippen LogP contribution in [0.3, 0.4) is 0 Å². The zero-order valence-electron chi connectivity index (χ0n) is 12.6. The molecular weight excluding hydrogens is 318 g/mol. The summed E-state index contributed by atoms with van der Waals surface area (Å²) in [6.07, 6.45) is 2.55. The van der Waals surface area contributed by atoms with Crippen LogP contribution in [-0.2, 0) is 21.3 Å². The largest absolute Gasteiger partial charge is 0.377 e. The second-order valence-corrected chi connectivity index (χ2v) is 7.32. The SMILES string of the molecule is O=S(=O)(C[C@H]1CCCCO1)NCc1noc(-c2ccccc2)n1. The van der Waals surface area contributed by atoms with Crippen LogP contribution in [0.1, 0.15) is 25.1 Å². The third kappa shape index (κ3) is 4.60. The van der Waals surface area contributed by atoms with E-state index < -0.39 is 10.0 Å². The molecule has 0 amide bonds. The zero-order chi connectivity index (χ0) is 16.1. The number of hydrogen-bond acceptors (Lipinski definition) is 6. The molecule has 0 radical (unpaired) electrons. The molecular formula is C15H19N3O4S. The molecule has 1 aromatic carbocycles. The number of aromatic nitrogens is 2. The molecule has 7 nitrogen and oxygen atoms in total. The molecule has 23 heavy (non-hydrogen) atoms. The highest BCUT2D eigenvalue weighted by Crippen LogP contribution is 2.16. The Kier molecular flexibility index (Phi) is 5.04. The Morgan fingerprint density at radius 2 is 2.04 bits per heavy atom. The average molecular weight is 337 g/mol. The maximum absolute atomic E-state index is 12.1. The lowest BCUT2D eigenvalue weighted by Crippen LogP contribution is -2.35. The van der Waals surface area contributed by atoms with Crippen LogP contribution < -0.4 is 4.72 Å². The van der Waals surface area contributed by atoms with Gasteiger partial charge in [0.1, 0.15) is 0 Å². The van der Waals surface area contributed by atoms with Gasteiger partial charge in [-0.3, -0.25) is 0 Å². The summed E-state index contributed by atoms with van der Waals surface area (Å²) < 4.78 is 37.2. The summed E-state index contributed by atoms with van der Waals surface area (Å²) >= 11 is 0. The summed E-state index contributed by atoms with van der Waals surface area (Å²) in [5, 5.41) is 3.80. The first-order chi connectivity index (χ1) is 11.1. The van der Waals surface area contributed by atoms with Crippen molar-refractivity contribution >= 4 is 10.0 Å². The van der Waals surface area contributed by atoms with Gasteiger partial charge in [-0.1, -0.05) is 23.4 Å². The molecule has 1 N–H and O–H groups in total. The van der Waals surface area contributed by atoms with Gasteiger partial charge in [0.05, 0.1) is 18.4 Å². The molecule has 124 valence electrons. The summed E-state index contributed by atoms with van der Waals surface area (Å²) in [5.74, 6) is 0.642. The van der Waals surface area contributed by atoms with Crippen LogP contribution in [-0.4, -0.2) is 37.0 Å². The van der Waals surface area contributed by atoms with Gasteiger partial charge in [0.15, 0.2) is 5.82 Å². The van der Waals surface area contributed by atoms with Crippen molar-refractivity contribution in [3.05, 3.63) is 36.2 Å². The normalized spacial score (nSPS) is 18.9. The Balaban J connectivity index is 1.56. The highest BCUT2D eigenvalue weighted by atomic mass is 32.2. The van der Waals surface area contributed by atoms with E-state index in [2.05, 4.69) is 14.9 Å². The standard InChI is InChI=1S/C15H19N3O4S/c19-23(20,11-13-8-4-5-9-21-13)16-10-14-17-15(22-18-14)12-6-2-1-3-7-12/h1-3,6-7,13,16H,4-5,8-11H2/t13-/m1/s1. The number of nitrogens with zero attached hydrogens (tertiary/aromatic N) is 2. The van der Waals surface area contributed by atoms with Crippen LogP contribution in [0.2, 0.25) is 0 Å². The number of nitrogens with one attached hydrogen (secondary N) is 1. The Morgan fingerprint density at radius 3 is 2.78 bits per heavy atom. The van der Waals surface area contributed by atoms with Gasteiger partial charge in [0.25, 0.3) is 5.89 Å². The third-order valence-electron chi connectivity index (χ3n) is 3.62. The van der Waals surface area contributed by atoms with E-state index in [-0.39, 0.29) is 18.4 Å². The summed E-state index contributed by atoms with van der Waals surface area (Å²) in [5.41, 5.74) is 0.796. The predicted octanol–water partition coefficient (Wildman–Crippen LogP) is 1.73. The van der Waals surface area contributed by atoms with Crippen LogP contribution in [0.15, 0.2) is 34.9 Å². The van der Waals surface area contributed by atoms with Crippen LogP contribution >= 0.6 is 0 Å². The van der Waals surface area contributed by atoms with Gasteiger partial charge in [-0.05, 0) is 31.4 Å². The quantitative estimate of drug-likeness (QED) is 0.862. The van der Waals surface area contributed by atoms with Crippen molar-refractivity contribution < 1.29 is 17.7 Å². The first kappa shape index (κ1) is 16.1. The fraction of sp³-hybridized carbons (Fsp3) is 0.467. The van der Waals surface area contributed by atoms with Gasteiger partial charge < -0.3 is 9.26 Å². The van der Waals surface area contributed by atoms with E-state index in [4.69, 9.17) is 9.26 Å². The lowest BCUT2D eigenvalue weighted by Gasteiger charge is -2.22. The van der Waals surface area contributed by atoms with E-state index in [0.29, 0.717) is 18.3 Å². The molecule has 2 aromatic rings. The average Bonchev–Trinajstić information content (AvgIpc) is 3.04. The van der Waals surface area contributed by atoms with E-state index in [9.17, 15) is 8.42 Å². The smallest absolute Gasteiger partial charge is 0.257 e. The predicted molar refractivity (Wildman–Crippen MR) is 84.0 cm³/mol.